The fraction of sp³-hybridized carbons (Fsp3) is 0.600. The molecule has 3 heteroatoms. The number of hydrogen-bond acceptors (Lipinski definition) is 3. The second kappa shape index (κ2) is 3.46. The molecule has 0 saturated carbocycles. The smallest absolute Gasteiger partial charge is 0.0562 e. The van der Waals surface area contributed by atoms with Crippen molar-refractivity contribution in [1.29, 1.82) is 0 Å². The van der Waals surface area contributed by atoms with E-state index in [4.69, 9.17) is 11.5 Å². The molecule has 0 fully saturated rings. The van der Waals surface area contributed by atoms with Crippen LogP contribution in [0.2, 0.25) is 0 Å². The number of hydrogen-bond donors (Lipinski definition) is 3. The van der Waals surface area contributed by atoms with Crippen LogP contribution in [0.4, 0.5) is 0 Å². The van der Waals surface area contributed by atoms with Gasteiger partial charge in [0.1, 0.15) is 0 Å². The molecular weight excluding hydrogens is 102 g/mol. The first kappa shape index (κ1) is 7.46. The van der Waals surface area contributed by atoms with Gasteiger partial charge in [-0.2, -0.15) is 0 Å². The highest BCUT2D eigenvalue weighted by Crippen LogP contribution is 1.84. The van der Waals surface area contributed by atoms with Gasteiger partial charge in [-0.1, -0.05) is 6.58 Å². The fourth-order valence-corrected chi connectivity index (χ4v) is 0.328. The van der Waals surface area contributed by atoms with E-state index in [0.717, 1.165) is 5.70 Å². The first-order chi connectivity index (χ1) is 3.72. The van der Waals surface area contributed by atoms with Crippen molar-refractivity contribution in [1.82, 2.24) is 5.32 Å². The fourth-order valence-electron chi connectivity index (χ4n) is 0.328. The van der Waals surface area contributed by atoms with Crippen LogP contribution in [0.15, 0.2) is 12.3 Å². The topological polar surface area (TPSA) is 64.1 Å². The number of likely N-dealkylation sites (N-methyl/N-ethyl adjacent to an activating group) is 1. The van der Waals surface area contributed by atoms with Crippen molar-refractivity contribution in [3.05, 3.63) is 12.3 Å². The van der Waals surface area contributed by atoms with Crippen molar-refractivity contribution in [2.24, 2.45) is 11.5 Å². The van der Waals surface area contributed by atoms with E-state index < -0.39 is 0 Å². The first-order valence-corrected chi connectivity index (χ1v) is 2.54. The quantitative estimate of drug-likeness (QED) is 0.442. The van der Waals surface area contributed by atoms with Crippen LogP contribution in [-0.4, -0.2) is 19.6 Å². The Morgan fingerprint density at radius 2 is 2.38 bits per heavy atom. The Balaban J connectivity index is 3.46. The Kier molecular flexibility index (Phi) is 3.23. The van der Waals surface area contributed by atoms with Crippen LogP contribution in [0.1, 0.15) is 0 Å². The maximum atomic E-state index is 5.44. The van der Waals surface area contributed by atoms with Crippen molar-refractivity contribution in [2.75, 3.05) is 13.6 Å². The summed E-state index contributed by atoms with van der Waals surface area (Å²) in [6.07, 6.45) is 0. The van der Waals surface area contributed by atoms with Crippen LogP contribution in [-0.2, 0) is 0 Å². The zero-order valence-corrected chi connectivity index (χ0v) is 5.15. The van der Waals surface area contributed by atoms with Gasteiger partial charge in [0.15, 0.2) is 0 Å². The number of nitrogens with two attached hydrogens (primary N) is 2. The molecule has 0 aromatic carbocycles. The first-order valence-electron chi connectivity index (χ1n) is 2.54. The monoisotopic (exact) mass is 115 g/mol. The molecule has 0 aliphatic rings. The van der Waals surface area contributed by atoms with Gasteiger partial charge in [0.25, 0.3) is 0 Å². The molecule has 0 heterocycles. The highest BCUT2D eigenvalue weighted by molar-refractivity contribution is 5.00. The lowest BCUT2D eigenvalue weighted by Crippen LogP contribution is -2.35. The molecule has 0 radical (unpaired) electrons. The lowest BCUT2D eigenvalue weighted by Gasteiger charge is -2.10. The molecule has 1 atom stereocenters. The zero-order valence-electron chi connectivity index (χ0n) is 5.15. The summed E-state index contributed by atoms with van der Waals surface area (Å²) in [4.78, 5) is 0. The van der Waals surface area contributed by atoms with Crippen molar-refractivity contribution in [3.8, 4) is 0 Å². The Morgan fingerprint density at radius 1 is 1.88 bits per heavy atom. The minimum atomic E-state index is -0.111. The molecule has 0 rings (SSSR count). The SMILES string of the molecule is C=C(NC)C(N)CN. The number of rotatable bonds is 3. The third kappa shape index (κ3) is 1.95. The van der Waals surface area contributed by atoms with Crippen LogP contribution in [0.3, 0.4) is 0 Å². The molecular formula is C5H13N3. The molecule has 5 N–H and O–H groups in total. The summed E-state index contributed by atoms with van der Waals surface area (Å²) in [5, 5.41) is 2.82. The van der Waals surface area contributed by atoms with Crippen LogP contribution in [0.25, 0.3) is 0 Å². The van der Waals surface area contributed by atoms with Crippen molar-refractivity contribution < 1.29 is 0 Å². The summed E-state index contributed by atoms with van der Waals surface area (Å²) >= 11 is 0. The largest absolute Gasteiger partial charge is 0.391 e. The van der Waals surface area contributed by atoms with Gasteiger partial charge in [-0.05, 0) is 0 Å². The molecule has 8 heavy (non-hydrogen) atoms. The molecule has 0 saturated heterocycles. The maximum absolute atomic E-state index is 5.44. The van der Waals surface area contributed by atoms with Gasteiger partial charge < -0.3 is 16.8 Å². The van der Waals surface area contributed by atoms with Gasteiger partial charge in [0, 0.05) is 19.3 Å². The summed E-state index contributed by atoms with van der Waals surface area (Å²) < 4.78 is 0. The van der Waals surface area contributed by atoms with E-state index in [9.17, 15) is 0 Å². The second-order valence-electron chi connectivity index (χ2n) is 1.62. The average Bonchev–Trinajstić information content (AvgIpc) is 1.84. The summed E-state index contributed by atoms with van der Waals surface area (Å²) in [6, 6.07) is -0.111. The molecule has 0 amide bonds. The van der Waals surface area contributed by atoms with E-state index in [1.807, 2.05) is 0 Å². The predicted molar refractivity (Wildman–Crippen MR) is 35.2 cm³/mol. The molecule has 1 unspecified atom stereocenters. The zero-order chi connectivity index (χ0) is 6.57. The summed E-state index contributed by atoms with van der Waals surface area (Å²) in [7, 11) is 1.78. The highest BCUT2D eigenvalue weighted by atomic mass is 14.9. The van der Waals surface area contributed by atoms with E-state index in [1.54, 1.807) is 7.05 Å². The van der Waals surface area contributed by atoms with Crippen LogP contribution >= 0.6 is 0 Å². The van der Waals surface area contributed by atoms with Gasteiger partial charge >= 0.3 is 0 Å². The van der Waals surface area contributed by atoms with Gasteiger partial charge in [0.2, 0.25) is 0 Å². The molecule has 0 aliphatic heterocycles. The van der Waals surface area contributed by atoms with Crippen molar-refractivity contribution >= 4 is 0 Å². The maximum Gasteiger partial charge on any atom is 0.0562 e. The lowest BCUT2D eigenvalue weighted by molar-refractivity contribution is 0.722. The van der Waals surface area contributed by atoms with Gasteiger partial charge in [-0.25, -0.2) is 0 Å². The van der Waals surface area contributed by atoms with E-state index in [1.165, 1.54) is 0 Å². The lowest BCUT2D eigenvalue weighted by atomic mass is 10.2. The molecule has 0 bridgehead atoms. The second-order valence-corrected chi connectivity index (χ2v) is 1.62. The Bertz CT molecular complexity index is 79.7. The predicted octanol–water partition coefficient (Wildman–Crippen LogP) is -0.994. The average molecular weight is 115 g/mol. The summed E-state index contributed by atoms with van der Waals surface area (Å²) in [5.41, 5.74) is 11.4. The van der Waals surface area contributed by atoms with Gasteiger partial charge in [-0.15, -0.1) is 0 Å². The van der Waals surface area contributed by atoms with E-state index in [2.05, 4.69) is 11.9 Å². The minimum Gasteiger partial charge on any atom is -0.391 e. The minimum absolute atomic E-state index is 0.111. The summed E-state index contributed by atoms with van der Waals surface area (Å²) in [6.45, 7) is 4.07. The standard InChI is InChI=1S/C5H13N3/c1-4(8-2)5(7)3-6/h5,8H,1,3,6-7H2,2H3. The van der Waals surface area contributed by atoms with Crippen molar-refractivity contribution in [2.45, 2.75) is 6.04 Å². The Hall–Kier alpha value is -0.540. The van der Waals surface area contributed by atoms with E-state index in [0.29, 0.717) is 6.54 Å². The van der Waals surface area contributed by atoms with Gasteiger partial charge in [0.05, 0.1) is 6.04 Å². The van der Waals surface area contributed by atoms with Crippen LogP contribution in [0.5, 0.6) is 0 Å². The molecule has 0 spiro atoms. The van der Waals surface area contributed by atoms with Crippen LogP contribution < -0.4 is 16.8 Å². The number of nitrogens with one attached hydrogen (secondary N) is 1. The molecule has 0 aliphatic carbocycles. The van der Waals surface area contributed by atoms with Crippen LogP contribution in [0, 0.1) is 0 Å². The van der Waals surface area contributed by atoms with E-state index >= 15 is 0 Å². The van der Waals surface area contributed by atoms with E-state index in [-0.39, 0.29) is 6.04 Å². The highest BCUT2D eigenvalue weighted by Gasteiger charge is 1.99. The Morgan fingerprint density at radius 3 is 2.50 bits per heavy atom. The van der Waals surface area contributed by atoms with Gasteiger partial charge in [-0.3, -0.25) is 0 Å². The third-order valence-electron chi connectivity index (χ3n) is 1.02. The third-order valence-corrected chi connectivity index (χ3v) is 1.02. The normalized spacial score (nSPS) is 12.9. The van der Waals surface area contributed by atoms with Crippen molar-refractivity contribution in [3.63, 3.8) is 0 Å². The molecule has 3 nitrogen and oxygen atoms in total. The summed E-state index contributed by atoms with van der Waals surface area (Å²) in [5.74, 6) is 0. The molecule has 0 aromatic heterocycles. The molecule has 48 valence electrons. The Labute approximate surface area is 49.7 Å². The molecule has 0 aromatic rings.